The largest absolute Gasteiger partial charge is 0.340 e. The molecule has 3 aromatic rings. The Morgan fingerprint density at radius 2 is 1.76 bits per heavy atom. The van der Waals surface area contributed by atoms with Crippen LogP contribution in [0.25, 0.3) is 10.9 Å². The quantitative estimate of drug-likeness (QED) is 0.440. The number of fused-ring (bicyclic) bond motifs is 1. The Morgan fingerprint density at radius 3 is 2.48 bits per heavy atom. The van der Waals surface area contributed by atoms with Crippen molar-refractivity contribution in [3.63, 3.8) is 0 Å². The summed E-state index contributed by atoms with van der Waals surface area (Å²) >= 11 is 0. The first kappa shape index (κ1) is 13.4. The molecule has 21 heavy (non-hydrogen) atoms. The molecule has 1 aromatic heterocycles. The molecule has 0 aliphatic heterocycles. The van der Waals surface area contributed by atoms with E-state index in [0.717, 1.165) is 23.1 Å². The maximum Gasteiger partial charge on any atom is 0.267 e. The fourth-order valence-corrected chi connectivity index (χ4v) is 2.76. The number of hydrogen-bond acceptors (Lipinski definition) is 2. The molecule has 0 saturated heterocycles. The van der Waals surface area contributed by atoms with Crippen LogP contribution in [0.5, 0.6) is 0 Å². The third kappa shape index (κ3) is 2.30. The number of nitrogens with one attached hydrogen (secondary N) is 1. The van der Waals surface area contributed by atoms with Gasteiger partial charge in [0.15, 0.2) is 0 Å². The summed E-state index contributed by atoms with van der Waals surface area (Å²) in [5.41, 5.74) is 6.04. The van der Waals surface area contributed by atoms with Crippen molar-refractivity contribution < 1.29 is 4.79 Å². The molecule has 1 amide bonds. The van der Waals surface area contributed by atoms with Gasteiger partial charge in [0.05, 0.1) is 5.56 Å². The molecule has 0 spiro atoms. The van der Waals surface area contributed by atoms with Crippen LogP contribution in [0.4, 0.5) is 0 Å². The maximum atomic E-state index is 12.1. The van der Waals surface area contributed by atoms with Crippen LogP contribution >= 0.6 is 0 Å². The number of nitrogen functional groups attached to an aromatic ring is 1. The summed E-state index contributed by atoms with van der Waals surface area (Å²) in [6.45, 7) is 2.68. The highest BCUT2D eigenvalue weighted by Crippen LogP contribution is 2.26. The lowest BCUT2D eigenvalue weighted by Crippen LogP contribution is -2.30. The van der Waals surface area contributed by atoms with E-state index in [9.17, 15) is 4.79 Å². The number of hydrogen-bond donors (Lipinski definition) is 2. The van der Waals surface area contributed by atoms with Gasteiger partial charge in [0, 0.05) is 23.1 Å². The number of nitrogens with two attached hydrogens (primary N) is 1. The second kappa shape index (κ2) is 5.42. The third-order valence-corrected chi connectivity index (χ3v) is 3.77. The van der Waals surface area contributed by atoms with Gasteiger partial charge in [0.1, 0.15) is 0 Å². The van der Waals surface area contributed by atoms with Crippen LogP contribution in [0.1, 0.15) is 21.6 Å². The number of rotatable bonds is 3. The molecule has 4 nitrogen and oxygen atoms in total. The Kier molecular flexibility index (Phi) is 3.46. The van der Waals surface area contributed by atoms with E-state index >= 15 is 0 Å². The Hall–Kier alpha value is -2.59. The molecular formula is C17H17N3O. The average molecular weight is 279 g/mol. The van der Waals surface area contributed by atoms with Crippen LogP contribution in [-0.4, -0.2) is 10.5 Å². The van der Waals surface area contributed by atoms with Crippen molar-refractivity contribution in [3.8, 4) is 0 Å². The summed E-state index contributed by atoms with van der Waals surface area (Å²) < 4.78 is 2.15. The zero-order valence-corrected chi connectivity index (χ0v) is 11.8. The van der Waals surface area contributed by atoms with E-state index in [1.54, 1.807) is 0 Å². The molecule has 0 saturated carbocycles. The minimum Gasteiger partial charge on any atom is -0.340 e. The minimum atomic E-state index is -0.254. The third-order valence-electron chi connectivity index (χ3n) is 3.77. The molecule has 0 atom stereocenters. The highest BCUT2D eigenvalue weighted by atomic mass is 16.2. The number of nitrogens with zero attached hydrogens (tertiary/aromatic N) is 1. The number of carbonyl (C=O) groups is 1. The van der Waals surface area contributed by atoms with Crippen molar-refractivity contribution in [2.75, 3.05) is 0 Å². The summed E-state index contributed by atoms with van der Waals surface area (Å²) in [6.07, 6.45) is 0. The number of aromatic nitrogens is 1. The van der Waals surface area contributed by atoms with Crippen molar-refractivity contribution >= 4 is 16.8 Å². The molecule has 4 heteroatoms. The normalized spacial score (nSPS) is 10.8. The van der Waals surface area contributed by atoms with Crippen LogP contribution in [0, 0.1) is 6.92 Å². The van der Waals surface area contributed by atoms with Gasteiger partial charge in [-0.2, -0.15) is 0 Å². The molecule has 3 N–H and O–H groups in total. The summed E-state index contributed by atoms with van der Waals surface area (Å²) in [6, 6.07) is 18.1. The van der Waals surface area contributed by atoms with Crippen molar-refractivity contribution in [1.29, 1.82) is 0 Å². The summed E-state index contributed by atoms with van der Waals surface area (Å²) in [5.74, 6) is 5.06. The fraction of sp³-hybridized carbons (Fsp3) is 0.118. The summed E-state index contributed by atoms with van der Waals surface area (Å²) in [4.78, 5) is 12.1. The second-order valence-electron chi connectivity index (χ2n) is 5.02. The van der Waals surface area contributed by atoms with Crippen LogP contribution in [0.15, 0.2) is 54.6 Å². The number of hydrazine groups is 1. The first-order valence-corrected chi connectivity index (χ1v) is 6.85. The monoisotopic (exact) mass is 279 g/mol. The van der Waals surface area contributed by atoms with Crippen LogP contribution in [0.2, 0.25) is 0 Å². The second-order valence-corrected chi connectivity index (χ2v) is 5.02. The smallest absolute Gasteiger partial charge is 0.267 e. The molecule has 0 radical (unpaired) electrons. The van der Waals surface area contributed by atoms with Gasteiger partial charge < -0.3 is 4.57 Å². The number of amides is 1. The number of carbonyl (C=O) groups excluding carboxylic acids is 1. The standard InChI is InChI=1S/C17H17N3O/c1-12-16(17(21)19-18)14-9-5-6-10-15(14)20(12)11-13-7-3-2-4-8-13/h2-10H,11,18H2,1H3,(H,19,21). The van der Waals surface area contributed by atoms with Crippen molar-refractivity contribution in [2.45, 2.75) is 13.5 Å². The van der Waals surface area contributed by atoms with Crippen molar-refractivity contribution in [3.05, 3.63) is 71.4 Å². The van der Waals surface area contributed by atoms with Gasteiger partial charge in [-0.25, -0.2) is 5.84 Å². The van der Waals surface area contributed by atoms with E-state index < -0.39 is 0 Å². The molecule has 0 aliphatic carbocycles. The minimum absolute atomic E-state index is 0.254. The Bertz CT molecular complexity index is 790. The molecule has 106 valence electrons. The Balaban J connectivity index is 2.18. The Morgan fingerprint density at radius 1 is 1.10 bits per heavy atom. The highest BCUT2D eigenvalue weighted by molar-refractivity contribution is 6.08. The number of para-hydroxylation sites is 1. The summed E-state index contributed by atoms with van der Waals surface area (Å²) in [7, 11) is 0. The van der Waals surface area contributed by atoms with Gasteiger partial charge in [0.2, 0.25) is 0 Å². The highest BCUT2D eigenvalue weighted by Gasteiger charge is 2.18. The number of benzene rings is 2. The molecular weight excluding hydrogens is 262 g/mol. The molecule has 0 aliphatic rings. The van der Waals surface area contributed by atoms with Gasteiger partial charge in [-0.1, -0.05) is 48.5 Å². The van der Waals surface area contributed by atoms with Crippen LogP contribution in [0.3, 0.4) is 0 Å². The SMILES string of the molecule is Cc1c(C(=O)NN)c2ccccc2n1Cc1ccccc1. The predicted molar refractivity (Wildman–Crippen MR) is 83.9 cm³/mol. The van der Waals surface area contributed by atoms with Crippen LogP contribution < -0.4 is 11.3 Å². The molecule has 0 bridgehead atoms. The van der Waals surface area contributed by atoms with E-state index in [0.29, 0.717) is 5.56 Å². The average Bonchev–Trinajstić information content (AvgIpc) is 2.80. The van der Waals surface area contributed by atoms with E-state index in [1.165, 1.54) is 5.56 Å². The lowest BCUT2D eigenvalue weighted by molar-refractivity contribution is 0.0954. The van der Waals surface area contributed by atoms with E-state index in [-0.39, 0.29) is 5.91 Å². The van der Waals surface area contributed by atoms with Gasteiger partial charge in [-0.05, 0) is 18.6 Å². The zero-order valence-electron chi connectivity index (χ0n) is 11.8. The van der Waals surface area contributed by atoms with Gasteiger partial charge in [-0.3, -0.25) is 10.2 Å². The van der Waals surface area contributed by atoms with Gasteiger partial charge in [0.25, 0.3) is 5.91 Å². The predicted octanol–water partition coefficient (Wildman–Crippen LogP) is 2.60. The summed E-state index contributed by atoms with van der Waals surface area (Å²) in [5, 5.41) is 0.925. The fourth-order valence-electron chi connectivity index (χ4n) is 2.76. The molecule has 1 heterocycles. The zero-order chi connectivity index (χ0) is 14.8. The van der Waals surface area contributed by atoms with Gasteiger partial charge in [-0.15, -0.1) is 0 Å². The lowest BCUT2D eigenvalue weighted by Gasteiger charge is -2.08. The van der Waals surface area contributed by atoms with Gasteiger partial charge >= 0.3 is 0 Å². The Labute approximate surface area is 123 Å². The van der Waals surface area contributed by atoms with Crippen LogP contribution in [-0.2, 0) is 6.54 Å². The van der Waals surface area contributed by atoms with Crippen molar-refractivity contribution in [1.82, 2.24) is 9.99 Å². The topological polar surface area (TPSA) is 60.1 Å². The van der Waals surface area contributed by atoms with E-state index in [4.69, 9.17) is 5.84 Å². The first-order valence-electron chi connectivity index (χ1n) is 6.85. The van der Waals surface area contributed by atoms with E-state index in [1.807, 2.05) is 49.4 Å². The first-order chi connectivity index (χ1) is 10.2. The molecule has 0 fully saturated rings. The molecule has 0 unspecified atom stereocenters. The molecule has 2 aromatic carbocycles. The molecule has 3 rings (SSSR count). The maximum absolute atomic E-state index is 12.1. The lowest BCUT2D eigenvalue weighted by atomic mass is 10.1. The van der Waals surface area contributed by atoms with Crippen molar-refractivity contribution in [2.24, 2.45) is 5.84 Å². The van der Waals surface area contributed by atoms with E-state index in [2.05, 4.69) is 22.1 Å².